The van der Waals surface area contributed by atoms with Crippen molar-refractivity contribution in [2.45, 2.75) is 25.5 Å². The van der Waals surface area contributed by atoms with Crippen LogP contribution in [0.25, 0.3) is 28.0 Å². The predicted octanol–water partition coefficient (Wildman–Crippen LogP) is 1.10. The van der Waals surface area contributed by atoms with Crippen molar-refractivity contribution in [3.8, 4) is 22.4 Å². The quantitative estimate of drug-likeness (QED) is 0.470. The van der Waals surface area contributed by atoms with Gasteiger partial charge in [0.15, 0.2) is 0 Å². The van der Waals surface area contributed by atoms with Gasteiger partial charge in [0.05, 0.1) is 24.8 Å². The lowest BCUT2D eigenvalue weighted by molar-refractivity contribution is -0.517. The lowest BCUT2D eigenvalue weighted by Crippen LogP contribution is -2.47. The second-order valence-corrected chi connectivity index (χ2v) is 8.93. The number of nitrogens with zero attached hydrogens (tertiary/aromatic N) is 4. The Morgan fingerprint density at radius 1 is 1.19 bits per heavy atom. The summed E-state index contributed by atoms with van der Waals surface area (Å²) in [5.41, 5.74) is 9.44. The van der Waals surface area contributed by atoms with Crippen molar-refractivity contribution in [3.63, 3.8) is 0 Å². The van der Waals surface area contributed by atoms with Crippen LogP contribution >= 0.6 is 0 Å². The van der Waals surface area contributed by atoms with Crippen molar-refractivity contribution < 1.29 is 9.14 Å². The highest BCUT2D eigenvalue weighted by Gasteiger charge is 2.53. The van der Waals surface area contributed by atoms with E-state index in [-0.39, 0.29) is 22.6 Å². The minimum absolute atomic E-state index is 0.00279. The van der Waals surface area contributed by atoms with E-state index in [1.165, 1.54) is 15.0 Å². The van der Waals surface area contributed by atoms with Gasteiger partial charge in [-0.1, -0.05) is 30.3 Å². The third-order valence-corrected chi connectivity index (χ3v) is 6.68. The molecule has 3 N–H and O–H groups in total. The fourth-order valence-corrected chi connectivity index (χ4v) is 5.03. The molecule has 5 heterocycles. The highest BCUT2D eigenvalue weighted by molar-refractivity contribution is 5.88. The molecule has 9 heteroatoms. The van der Waals surface area contributed by atoms with Gasteiger partial charge in [-0.15, -0.1) is 9.38 Å². The smallest absolute Gasteiger partial charge is 0.377 e. The van der Waals surface area contributed by atoms with Gasteiger partial charge in [-0.2, -0.15) is 4.68 Å². The maximum Gasteiger partial charge on any atom is 0.428 e. The van der Waals surface area contributed by atoms with E-state index >= 15 is 0 Å². The van der Waals surface area contributed by atoms with Crippen LogP contribution in [0.15, 0.2) is 58.3 Å². The van der Waals surface area contributed by atoms with Gasteiger partial charge < -0.3 is 15.0 Å². The molecule has 1 aromatic carbocycles. The van der Waals surface area contributed by atoms with Crippen LogP contribution in [0.4, 0.5) is 5.95 Å². The molecule has 0 radical (unpaired) electrons. The molecular weight excluding hydrogens is 408 g/mol. The normalized spacial score (nSPS) is 21.7. The Morgan fingerprint density at radius 3 is 2.66 bits per heavy atom. The Hall–Kier alpha value is -3.72. The number of H-pyrrole nitrogens is 1. The molecule has 0 unspecified atom stereocenters. The van der Waals surface area contributed by atoms with E-state index in [1.807, 2.05) is 30.3 Å². The van der Waals surface area contributed by atoms with Crippen molar-refractivity contribution in [1.29, 1.82) is 0 Å². The number of pyridine rings is 1. The topological polar surface area (TPSA) is 112 Å². The number of aromatic amines is 1. The number of fused-ring (bicyclic) bond motifs is 2. The van der Waals surface area contributed by atoms with Gasteiger partial charge in [-0.05, 0) is 18.9 Å². The number of nitrogens with one attached hydrogen (secondary N) is 1. The number of ether oxygens (including phenoxy) is 1. The second-order valence-electron chi connectivity index (χ2n) is 8.93. The van der Waals surface area contributed by atoms with E-state index in [2.05, 4.69) is 10.1 Å². The minimum Gasteiger partial charge on any atom is -0.377 e. The van der Waals surface area contributed by atoms with Crippen molar-refractivity contribution in [3.05, 3.63) is 69.5 Å². The molecule has 2 saturated heterocycles. The van der Waals surface area contributed by atoms with Crippen LogP contribution < -0.4 is 21.4 Å². The van der Waals surface area contributed by atoms with Gasteiger partial charge in [-0.3, -0.25) is 4.79 Å². The first-order valence-corrected chi connectivity index (χ1v) is 10.6. The summed E-state index contributed by atoms with van der Waals surface area (Å²) in [4.78, 5) is 30.0. The largest absolute Gasteiger partial charge is 0.428 e. The summed E-state index contributed by atoms with van der Waals surface area (Å²) in [6.07, 6.45) is 4.00. The standard InChI is InChI=1S/C23H22N6O3/c1-27-11-15(7-8-17(27)30)18-19(14-5-3-2-4-6-14)25-21(24)29-20(18)26-28(22(29)31)12-23-9-16(10-23)32-13-23/h2-8,11,16H,9-10,12-13H2,1H3,(H2,24,25,26)/p+1. The maximum atomic E-state index is 13.3. The van der Waals surface area contributed by atoms with Crippen LogP contribution in [-0.2, 0) is 18.3 Å². The van der Waals surface area contributed by atoms with Crippen LogP contribution in [0, 0.1) is 5.41 Å². The number of nitrogen functional groups attached to an aromatic ring is 1. The van der Waals surface area contributed by atoms with E-state index in [4.69, 9.17) is 10.5 Å². The Balaban J connectivity index is 1.63. The lowest BCUT2D eigenvalue weighted by atomic mass is 9.70. The van der Waals surface area contributed by atoms with Crippen LogP contribution in [0.1, 0.15) is 12.8 Å². The van der Waals surface area contributed by atoms with Gasteiger partial charge in [0.1, 0.15) is 5.69 Å². The summed E-state index contributed by atoms with van der Waals surface area (Å²) in [7, 11) is 1.70. The molecule has 0 spiro atoms. The van der Waals surface area contributed by atoms with E-state index in [1.54, 1.807) is 24.0 Å². The number of anilines is 1. The average Bonchev–Trinajstić information content (AvgIpc) is 3.45. The molecule has 3 aliphatic rings. The molecule has 2 bridgehead atoms. The molecule has 2 aliphatic heterocycles. The number of benzene rings is 1. The van der Waals surface area contributed by atoms with Gasteiger partial charge in [0.25, 0.3) is 0 Å². The summed E-state index contributed by atoms with van der Waals surface area (Å²) >= 11 is 0. The third kappa shape index (κ3) is 2.74. The Morgan fingerprint density at radius 2 is 1.97 bits per heavy atom. The van der Waals surface area contributed by atoms with Gasteiger partial charge >= 0.3 is 11.6 Å². The van der Waals surface area contributed by atoms with Crippen LogP contribution in [0.5, 0.6) is 0 Å². The fraction of sp³-hybridized carbons (Fsp3) is 0.304. The number of aryl methyl sites for hydroxylation is 1. The highest BCUT2D eigenvalue weighted by Crippen LogP contribution is 2.50. The number of rotatable bonds is 4. The van der Waals surface area contributed by atoms with Crippen molar-refractivity contribution in [1.82, 2.24) is 19.3 Å². The summed E-state index contributed by atoms with van der Waals surface area (Å²) in [6, 6.07) is 12.9. The van der Waals surface area contributed by atoms with Crippen LogP contribution in [0.2, 0.25) is 0 Å². The maximum absolute atomic E-state index is 13.3. The monoisotopic (exact) mass is 431 g/mol. The van der Waals surface area contributed by atoms with Gasteiger partial charge in [-0.25, -0.2) is 9.89 Å². The zero-order valence-electron chi connectivity index (χ0n) is 17.6. The Labute approximate surface area is 182 Å². The molecule has 4 aromatic rings. The third-order valence-electron chi connectivity index (χ3n) is 6.68. The highest BCUT2D eigenvalue weighted by atomic mass is 16.5. The molecule has 0 atom stereocenters. The molecule has 0 amide bonds. The van der Waals surface area contributed by atoms with E-state index < -0.39 is 0 Å². The van der Waals surface area contributed by atoms with Crippen molar-refractivity contribution >= 4 is 11.6 Å². The van der Waals surface area contributed by atoms with Crippen LogP contribution in [0.3, 0.4) is 0 Å². The molecule has 32 heavy (non-hydrogen) atoms. The number of nitrogens with two attached hydrogens (primary N) is 1. The van der Waals surface area contributed by atoms with Crippen molar-refractivity contribution in [2.24, 2.45) is 12.5 Å². The van der Waals surface area contributed by atoms with E-state index in [9.17, 15) is 9.59 Å². The zero-order chi connectivity index (χ0) is 22.0. The molecule has 1 aliphatic carbocycles. The van der Waals surface area contributed by atoms with Gasteiger partial charge in [0, 0.05) is 35.9 Å². The lowest BCUT2D eigenvalue weighted by Gasteiger charge is -2.33. The molecule has 3 aromatic heterocycles. The Kier molecular flexibility index (Phi) is 3.94. The first-order valence-electron chi connectivity index (χ1n) is 10.6. The molecule has 3 fully saturated rings. The zero-order valence-corrected chi connectivity index (χ0v) is 17.6. The first kappa shape index (κ1) is 19.0. The number of hydrogen-bond donors (Lipinski definition) is 2. The molecular formula is C23H23N6O3+. The van der Waals surface area contributed by atoms with E-state index in [0.717, 1.165) is 24.0 Å². The summed E-state index contributed by atoms with van der Waals surface area (Å²) in [6.45, 7) is 1.21. The van der Waals surface area contributed by atoms with Crippen molar-refractivity contribution in [2.75, 3.05) is 12.3 Å². The molecule has 7 rings (SSSR count). The van der Waals surface area contributed by atoms with E-state index in [0.29, 0.717) is 36.2 Å². The first-order chi connectivity index (χ1) is 15.4. The molecule has 1 saturated carbocycles. The molecule has 9 nitrogen and oxygen atoms in total. The SMILES string of the molecule is Cn1cc(-c2c(-c3ccccc3)nc(N)[n+]3c(=O)n(CC45COC(C4)C5)[nH]c23)ccc1=O. The fourth-order valence-electron chi connectivity index (χ4n) is 5.03. The summed E-state index contributed by atoms with van der Waals surface area (Å²) in [5, 5.41) is 3.30. The number of aromatic nitrogens is 5. The summed E-state index contributed by atoms with van der Waals surface area (Å²) in [5.74, 6) is 0.110. The predicted molar refractivity (Wildman–Crippen MR) is 118 cm³/mol. The average molecular weight is 431 g/mol. The second kappa shape index (κ2) is 6.64. The Bertz CT molecular complexity index is 1470. The van der Waals surface area contributed by atoms with Gasteiger partial charge in [0.2, 0.25) is 11.2 Å². The molecule has 162 valence electrons. The number of hydrogen-bond acceptors (Lipinski definition) is 5. The minimum atomic E-state index is -0.264. The summed E-state index contributed by atoms with van der Waals surface area (Å²) < 4.78 is 10.3. The van der Waals surface area contributed by atoms with Crippen LogP contribution in [-0.4, -0.2) is 32.0 Å².